The number of nitrogens with zero attached hydrogens (tertiary/aromatic N) is 4. The molecule has 0 aliphatic carbocycles. The molecule has 1 radical (unpaired) electrons. The summed E-state index contributed by atoms with van der Waals surface area (Å²) in [7, 11) is 3.24. The van der Waals surface area contributed by atoms with Gasteiger partial charge in [0.25, 0.3) is 0 Å². The molecule has 1 amide bonds. The molecule has 0 atom stereocenters. The van der Waals surface area contributed by atoms with Gasteiger partial charge in [0.05, 0.1) is 25.6 Å². The minimum Gasteiger partial charge on any atom is -0.496 e. The molecule has 0 fully saturated rings. The number of hydrogen-bond acceptors (Lipinski definition) is 9. The van der Waals surface area contributed by atoms with Crippen LogP contribution in [-0.4, -0.2) is 45.3 Å². The Balaban J connectivity index is 0.000000709. The summed E-state index contributed by atoms with van der Waals surface area (Å²) >= 11 is 7.28. The van der Waals surface area contributed by atoms with Crippen LogP contribution in [0.1, 0.15) is 48.5 Å². The van der Waals surface area contributed by atoms with Gasteiger partial charge in [0.1, 0.15) is 35.8 Å². The molecule has 0 saturated heterocycles. The molecule has 0 spiro atoms. The van der Waals surface area contributed by atoms with Crippen LogP contribution in [0.5, 0.6) is 11.5 Å². The molecule has 4 aromatic rings. The third kappa shape index (κ3) is 15.9. The van der Waals surface area contributed by atoms with Gasteiger partial charge in [-0.15, -0.1) is 0 Å². The Bertz CT molecular complexity index is 1550. The Kier molecular flexibility index (Phi) is 20.1. The van der Waals surface area contributed by atoms with Gasteiger partial charge < -0.3 is 43.1 Å². The van der Waals surface area contributed by atoms with Gasteiger partial charge in [-0.2, -0.15) is 6.92 Å². The number of hydrogen-bond donors (Lipinski definition) is 2. The van der Waals surface area contributed by atoms with E-state index in [1.165, 1.54) is 12.7 Å². The van der Waals surface area contributed by atoms with Crippen molar-refractivity contribution >= 4 is 57.0 Å². The summed E-state index contributed by atoms with van der Waals surface area (Å²) in [5.41, 5.74) is 7.98. The van der Waals surface area contributed by atoms with E-state index >= 15 is 0 Å². The molecule has 47 heavy (non-hydrogen) atoms. The molecule has 0 bridgehead atoms. The number of anilines is 2. The zero-order chi connectivity index (χ0) is 34.9. The van der Waals surface area contributed by atoms with E-state index in [0.29, 0.717) is 17.3 Å². The molecule has 2 heterocycles. The summed E-state index contributed by atoms with van der Waals surface area (Å²) in [4.78, 5) is 38.6. The van der Waals surface area contributed by atoms with Crippen molar-refractivity contribution in [1.82, 2.24) is 19.9 Å². The molecule has 0 unspecified atom stereocenters. The molecular formula is C34H43ClIN6O4V-. The first-order valence-corrected chi connectivity index (χ1v) is 15.8. The molecule has 2 aromatic carbocycles. The fourth-order valence-electron chi connectivity index (χ4n) is 3.11. The maximum Gasteiger partial charge on any atom is 0.230 e. The number of halogens is 2. The number of ether oxygens (including phenoxy) is 2. The predicted molar refractivity (Wildman–Crippen MR) is 195 cm³/mol. The summed E-state index contributed by atoms with van der Waals surface area (Å²) in [6.45, 7) is 12.9. The fraction of sp³-hybridized carbons (Fsp3) is 0.324. The van der Waals surface area contributed by atoms with Crippen LogP contribution in [0, 0.1) is 15.3 Å². The van der Waals surface area contributed by atoms with Crippen molar-refractivity contribution in [3.05, 3.63) is 77.7 Å². The van der Waals surface area contributed by atoms with E-state index in [9.17, 15) is 9.59 Å². The zero-order valence-corrected chi connectivity index (χ0v) is 32.5. The summed E-state index contributed by atoms with van der Waals surface area (Å²) in [6, 6.07) is 18.7. The monoisotopic (exact) mass is 812 g/mol. The molecule has 13 heteroatoms. The third-order valence-corrected chi connectivity index (χ3v) is 6.20. The van der Waals surface area contributed by atoms with Gasteiger partial charge in [-0.3, -0.25) is 14.0 Å². The molecule has 3 N–H and O–H groups in total. The van der Waals surface area contributed by atoms with Crippen molar-refractivity contribution in [3.8, 4) is 34.0 Å². The Labute approximate surface area is 309 Å². The van der Waals surface area contributed by atoms with Crippen LogP contribution < -0.4 is 20.5 Å². The number of benzene rings is 2. The van der Waals surface area contributed by atoms with E-state index in [2.05, 4.69) is 47.8 Å². The van der Waals surface area contributed by atoms with Crippen molar-refractivity contribution in [2.45, 2.75) is 48.5 Å². The molecule has 0 aliphatic rings. The Morgan fingerprint density at radius 3 is 1.57 bits per heavy atom. The van der Waals surface area contributed by atoms with Gasteiger partial charge in [0, 0.05) is 52.6 Å². The maximum atomic E-state index is 12.0. The maximum absolute atomic E-state index is 12.0. The fourth-order valence-corrected chi connectivity index (χ4v) is 3.11. The number of para-hydroxylation sites is 2. The van der Waals surface area contributed by atoms with Gasteiger partial charge in [-0.1, -0.05) is 65.8 Å². The number of nitrogens with two attached hydrogens (primary N) is 1. The van der Waals surface area contributed by atoms with Crippen molar-refractivity contribution in [3.63, 3.8) is 0 Å². The van der Waals surface area contributed by atoms with Crippen LogP contribution in [-0.2, 0) is 28.1 Å². The van der Waals surface area contributed by atoms with E-state index in [-0.39, 0.29) is 35.1 Å². The molecule has 0 saturated carbocycles. The summed E-state index contributed by atoms with van der Waals surface area (Å²) < 4.78 is 12.5. The normalized spacial score (nSPS) is 10.2. The summed E-state index contributed by atoms with van der Waals surface area (Å²) in [5, 5.41) is 2.51. The number of rotatable bonds is 5. The Morgan fingerprint density at radius 1 is 0.787 bits per heavy atom. The number of carbonyl (C=O) groups is 2. The van der Waals surface area contributed by atoms with E-state index in [4.69, 9.17) is 26.8 Å². The smallest absolute Gasteiger partial charge is 0.230 e. The number of nitrogens with one attached hydrogen (secondary N) is 1. The van der Waals surface area contributed by atoms with Gasteiger partial charge in [-0.05, 0) is 35.9 Å². The number of aromatic nitrogens is 4. The van der Waals surface area contributed by atoms with Crippen molar-refractivity contribution in [1.29, 1.82) is 0 Å². The topological polar surface area (TPSA) is 142 Å². The van der Waals surface area contributed by atoms with Crippen molar-refractivity contribution in [2.75, 3.05) is 25.3 Å². The third-order valence-electron chi connectivity index (χ3n) is 5.63. The predicted octanol–water partition coefficient (Wildman–Crippen LogP) is 8.27. The minimum absolute atomic E-state index is 0. The SMILES string of the molecule is CC(C)(C)C(=O)Cl.COc1ccccc1-c1cc(N)ncn1.COc1ccccc1-c1cc(NC(=O)C(C)(C)C)ncn1.C[CH-]I.[V]. The molecule has 10 nitrogen and oxygen atoms in total. The molecular weight excluding hydrogens is 770 g/mol. The van der Waals surface area contributed by atoms with Gasteiger partial charge in [-0.25, -0.2) is 19.9 Å². The Hall–Kier alpha value is -3.26. The van der Waals surface area contributed by atoms with Crippen molar-refractivity contribution < 1.29 is 37.6 Å². The van der Waals surface area contributed by atoms with E-state index in [1.807, 2.05) is 80.7 Å². The second-order valence-corrected chi connectivity index (χ2v) is 13.1. The van der Waals surface area contributed by atoms with E-state index in [1.54, 1.807) is 47.1 Å². The summed E-state index contributed by atoms with van der Waals surface area (Å²) in [6.07, 6.45) is 2.87. The molecule has 0 aliphatic heterocycles. The number of nitrogen functional groups attached to an aromatic ring is 1. The number of carbonyl (C=O) groups excluding carboxylic acids is 2. The first kappa shape index (κ1) is 43.7. The standard InChI is InChI=1S/C16H19N3O2.C11H11N3O.C5H9ClO.C2H4I.V/c1-16(2,3)15(20)19-14-9-12(17-10-18-14)11-7-5-6-8-13(11)21-4;1-15-10-5-3-2-4-8(10)9-6-11(12)14-7-13-9;1-5(2,3)4(6)7;1-2-3;/h5-10H,1-4H3,(H,17,18,19,20);2-7H,1H3,(H2,12,13,14);1-3H3;2H,1H3;/q;;;-1;. The van der Waals surface area contributed by atoms with E-state index < -0.39 is 5.41 Å². The molecule has 4 rings (SSSR count). The van der Waals surface area contributed by atoms with Crippen LogP contribution in [0.2, 0.25) is 0 Å². The first-order valence-electron chi connectivity index (χ1n) is 14.1. The van der Waals surface area contributed by atoms with Crippen LogP contribution in [0.4, 0.5) is 11.6 Å². The molecule has 2 aromatic heterocycles. The zero-order valence-electron chi connectivity index (χ0n) is 28.2. The number of methoxy groups -OCH3 is 2. The average molecular weight is 813 g/mol. The van der Waals surface area contributed by atoms with Gasteiger partial charge in [0.2, 0.25) is 11.1 Å². The quantitative estimate of drug-likeness (QED) is 0.116. The van der Waals surface area contributed by atoms with Gasteiger partial charge >= 0.3 is 0 Å². The Morgan fingerprint density at radius 2 is 1.19 bits per heavy atom. The average Bonchev–Trinajstić information content (AvgIpc) is 3.01. The van der Waals surface area contributed by atoms with Crippen LogP contribution >= 0.6 is 34.2 Å². The van der Waals surface area contributed by atoms with Crippen LogP contribution in [0.3, 0.4) is 0 Å². The molecule has 253 valence electrons. The minimum atomic E-state index is -0.477. The van der Waals surface area contributed by atoms with Crippen LogP contribution in [0.15, 0.2) is 73.3 Å². The summed E-state index contributed by atoms with van der Waals surface area (Å²) in [5.74, 6) is 2.34. The van der Waals surface area contributed by atoms with Crippen LogP contribution in [0.25, 0.3) is 22.5 Å². The van der Waals surface area contributed by atoms with Gasteiger partial charge in [0.15, 0.2) is 0 Å². The first-order chi connectivity index (χ1) is 21.6. The second-order valence-electron chi connectivity index (χ2n) is 11.5. The van der Waals surface area contributed by atoms with E-state index in [0.717, 1.165) is 28.3 Å². The van der Waals surface area contributed by atoms with Crippen molar-refractivity contribution in [2.24, 2.45) is 10.8 Å². The number of amides is 1. The second kappa shape index (κ2) is 21.6. The largest absolute Gasteiger partial charge is 0.496 e.